The number of hydrogen-bond donors (Lipinski definition) is 1. The van der Waals surface area contributed by atoms with Gasteiger partial charge in [0.15, 0.2) is 0 Å². The second kappa shape index (κ2) is 5.95. The Morgan fingerprint density at radius 2 is 1.96 bits per heavy atom. The van der Waals surface area contributed by atoms with Crippen LogP contribution in [0.4, 0.5) is 14.5 Å². The standard InChI is InChI=1S/C14H11F2N3O3S2/c1-7-13(6-12(23-7)14-17-8(2)22-18-14)24(20,21)19-11-4-3-9(15)5-10(11)16/h3-6,19H,1-2H3. The van der Waals surface area contributed by atoms with Crippen LogP contribution < -0.4 is 4.72 Å². The van der Waals surface area contributed by atoms with Crippen LogP contribution in [0.25, 0.3) is 10.7 Å². The van der Waals surface area contributed by atoms with Crippen LogP contribution in [0, 0.1) is 25.5 Å². The Bertz CT molecular complexity index is 1010. The summed E-state index contributed by atoms with van der Waals surface area (Å²) >= 11 is 1.17. The van der Waals surface area contributed by atoms with E-state index in [-0.39, 0.29) is 16.4 Å². The highest BCUT2D eigenvalue weighted by molar-refractivity contribution is 7.93. The highest BCUT2D eigenvalue weighted by Crippen LogP contribution is 2.33. The molecule has 10 heteroatoms. The van der Waals surface area contributed by atoms with E-state index < -0.39 is 21.7 Å². The number of thiophene rings is 1. The minimum atomic E-state index is -4.05. The molecular formula is C14H11F2N3O3S2. The number of sulfonamides is 1. The van der Waals surface area contributed by atoms with Gasteiger partial charge in [0.2, 0.25) is 11.7 Å². The van der Waals surface area contributed by atoms with Gasteiger partial charge in [-0.05, 0) is 25.1 Å². The van der Waals surface area contributed by atoms with Crippen molar-refractivity contribution in [3.05, 3.63) is 46.7 Å². The van der Waals surface area contributed by atoms with Crippen molar-refractivity contribution in [2.45, 2.75) is 18.7 Å². The van der Waals surface area contributed by atoms with Crippen LogP contribution in [0.3, 0.4) is 0 Å². The lowest BCUT2D eigenvalue weighted by Gasteiger charge is -2.08. The van der Waals surface area contributed by atoms with Crippen LogP contribution >= 0.6 is 11.3 Å². The van der Waals surface area contributed by atoms with Crippen LogP contribution in [-0.2, 0) is 10.0 Å². The third-order valence-corrected chi connectivity index (χ3v) is 5.75. The Morgan fingerprint density at radius 3 is 2.58 bits per heavy atom. The second-order valence-corrected chi connectivity index (χ2v) is 7.80. The molecule has 0 saturated heterocycles. The molecule has 0 amide bonds. The molecule has 0 spiro atoms. The van der Waals surface area contributed by atoms with E-state index >= 15 is 0 Å². The van der Waals surface area contributed by atoms with Crippen LogP contribution in [0.15, 0.2) is 33.7 Å². The van der Waals surface area contributed by atoms with Crippen molar-refractivity contribution in [3.63, 3.8) is 0 Å². The van der Waals surface area contributed by atoms with Gasteiger partial charge in [-0.25, -0.2) is 17.2 Å². The van der Waals surface area contributed by atoms with E-state index in [1.807, 2.05) is 0 Å². The fourth-order valence-corrected chi connectivity index (χ4v) is 4.60. The fraction of sp³-hybridized carbons (Fsp3) is 0.143. The number of aromatic nitrogens is 2. The lowest BCUT2D eigenvalue weighted by Crippen LogP contribution is -2.14. The van der Waals surface area contributed by atoms with Crippen molar-refractivity contribution < 1.29 is 21.7 Å². The maximum Gasteiger partial charge on any atom is 0.263 e. The zero-order chi connectivity index (χ0) is 17.5. The predicted octanol–water partition coefficient (Wildman–Crippen LogP) is 3.49. The molecule has 0 aliphatic carbocycles. The van der Waals surface area contributed by atoms with Gasteiger partial charge in [0.25, 0.3) is 10.0 Å². The number of rotatable bonds is 4. The summed E-state index contributed by atoms with van der Waals surface area (Å²) in [4.78, 5) is 4.99. The van der Waals surface area contributed by atoms with Gasteiger partial charge in [-0.1, -0.05) is 5.16 Å². The zero-order valence-corrected chi connectivity index (χ0v) is 14.1. The summed E-state index contributed by atoms with van der Waals surface area (Å²) in [6.45, 7) is 3.23. The molecule has 0 atom stereocenters. The van der Waals surface area contributed by atoms with Gasteiger partial charge in [-0.3, -0.25) is 4.72 Å². The molecule has 0 bridgehead atoms. The van der Waals surface area contributed by atoms with Gasteiger partial charge in [-0.15, -0.1) is 11.3 Å². The molecule has 0 radical (unpaired) electrons. The smallest absolute Gasteiger partial charge is 0.263 e. The minimum Gasteiger partial charge on any atom is -0.339 e. The van der Waals surface area contributed by atoms with Crippen molar-refractivity contribution in [3.8, 4) is 10.7 Å². The van der Waals surface area contributed by atoms with Crippen molar-refractivity contribution in [2.75, 3.05) is 4.72 Å². The summed E-state index contributed by atoms with van der Waals surface area (Å²) < 4.78 is 58.5. The highest BCUT2D eigenvalue weighted by atomic mass is 32.2. The van der Waals surface area contributed by atoms with E-state index in [9.17, 15) is 17.2 Å². The third-order valence-electron chi connectivity index (χ3n) is 3.09. The van der Waals surface area contributed by atoms with Crippen LogP contribution in [-0.4, -0.2) is 18.6 Å². The van der Waals surface area contributed by atoms with Crippen molar-refractivity contribution in [2.24, 2.45) is 0 Å². The monoisotopic (exact) mass is 371 g/mol. The first-order valence-electron chi connectivity index (χ1n) is 6.65. The van der Waals surface area contributed by atoms with Gasteiger partial charge in [0, 0.05) is 17.9 Å². The first-order chi connectivity index (χ1) is 11.3. The highest BCUT2D eigenvalue weighted by Gasteiger charge is 2.23. The lowest BCUT2D eigenvalue weighted by molar-refractivity contribution is 0.394. The normalized spacial score (nSPS) is 11.7. The van der Waals surface area contributed by atoms with E-state index in [1.165, 1.54) is 17.4 Å². The van der Waals surface area contributed by atoms with E-state index in [4.69, 9.17) is 4.52 Å². The van der Waals surface area contributed by atoms with E-state index in [2.05, 4.69) is 14.9 Å². The van der Waals surface area contributed by atoms with Gasteiger partial charge >= 0.3 is 0 Å². The van der Waals surface area contributed by atoms with Gasteiger partial charge < -0.3 is 4.52 Å². The SMILES string of the molecule is Cc1nc(-c2cc(S(=O)(=O)Nc3ccc(F)cc3F)c(C)s2)no1. The molecule has 24 heavy (non-hydrogen) atoms. The average Bonchev–Trinajstić information content (AvgIpc) is 3.08. The lowest BCUT2D eigenvalue weighted by atomic mass is 10.3. The number of benzene rings is 1. The third kappa shape index (κ3) is 3.15. The van der Waals surface area contributed by atoms with Gasteiger partial charge in [0.1, 0.15) is 16.5 Å². The first kappa shape index (κ1) is 16.5. The van der Waals surface area contributed by atoms with Crippen LogP contribution in [0.2, 0.25) is 0 Å². The molecule has 6 nitrogen and oxygen atoms in total. The summed E-state index contributed by atoms with van der Waals surface area (Å²) in [6.07, 6.45) is 0. The molecule has 2 heterocycles. The van der Waals surface area contributed by atoms with Gasteiger partial charge in [0.05, 0.1) is 10.6 Å². The number of nitrogens with zero attached hydrogens (tertiary/aromatic N) is 2. The van der Waals surface area contributed by atoms with Crippen molar-refractivity contribution in [1.82, 2.24) is 10.1 Å². The van der Waals surface area contributed by atoms with E-state index in [1.54, 1.807) is 13.8 Å². The number of hydrogen-bond acceptors (Lipinski definition) is 6. The Balaban J connectivity index is 1.96. The molecule has 0 aliphatic heterocycles. The van der Waals surface area contributed by atoms with E-state index in [0.717, 1.165) is 12.1 Å². The Hall–Kier alpha value is -2.33. The summed E-state index contributed by atoms with van der Waals surface area (Å²) in [5.41, 5.74) is -0.334. The molecular weight excluding hydrogens is 360 g/mol. The summed E-state index contributed by atoms with van der Waals surface area (Å²) in [7, 11) is -4.05. The topological polar surface area (TPSA) is 85.1 Å². The summed E-state index contributed by atoms with van der Waals surface area (Å²) in [5, 5.41) is 3.74. The molecule has 0 saturated carbocycles. The number of halogens is 2. The molecule has 0 aliphatic rings. The molecule has 3 rings (SSSR count). The van der Waals surface area contributed by atoms with Gasteiger partial charge in [-0.2, -0.15) is 4.98 Å². The van der Waals surface area contributed by atoms with Crippen LogP contribution in [0.5, 0.6) is 0 Å². The largest absolute Gasteiger partial charge is 0.339 e. The summed E-state index contributed by atoms with van der Waals surface area (Å²) in [6, 6.07) is 3.97. The second-order valence-electron chi connectivity index (χ2n) is 4.90. The maximum atomic E-state index is 13.7. The number of aryl methyl sites for hydroxylation is 2. The van der Waals surface area contributed by atoms with Crippen molar-refractivity contribution >= 4 is 27.0 Å². The zero-order valence-electron chi connectivity index (χ0n) is 12.5. The molecule has 1 aromatic carbocycles. The number of anilines is 1. The Kier molecular flexibility index (Phi) is 4.10. The predicted molar refractivity (Wildman–Crippen MR) is 84.3 cm³/mol. The molecule has 126 valence electrons. The molecule has 0 fully saturated rings. The molecule has 2 aromatic heterocycles. The maximum absolute atomic E-state index is 13.7. The fourth-order valence-electron chi connectivity index (χ4n) is 2.01. The molecule has 0 unspecified atom stereocenters. The Labute approximate surface area is 140 Å². The number of nitrogens with one attached hydrogen (secondary N) is 1. The molecule has 3 aromatic rings. The summed E-state index contributed by atoms with van der Waals surface area (Å²) in [5.74, 6) is -1.17. The van der Waals surface area contributed by atoms with Crippen LogP contribution in [0.1, 0.15) is 10.8 Å². The van der Waals surface area contributed by atoms with Crippen molar-refractivity contribution in [1.29, 1.82) is 0 Å². The van der Waals surface area contributed by atoms with E-state index in [0.29, 0.717) is 21.7 Å². The average molecular weight is 371 g/mol. The Morgan fingerprint density at radius 1 is 1.21 bits per heavy atom. The molecule has 1 N–H and O–H groups in total. The first-order valence-corrected chi connectivity index (χ1v) is 8.95. The minimum absolute atomic E-state index is 0.0336. The quantitative estimate of drug-likeness (QED) is 0.759.